The molecule has 0 spiro atoms. The molecule has 1 amide bonds. The van der Waals surface area contributed by atoms with Gasteiger partial charge in [0.15, 0.2) is 0 Å². The summed E-state index contributed by atoms with van der Waals surface area (Å²) >= 11 is 0. The van der Waals surface area contributed by atoms with Crippen LogP contribution in [-0.4, -0.2) is 55.0 Å². The maximum absolute atomic E-state index is 12.5. The van der Waals surface area contributed by atoms with E-state index >= 15 is 0 Å². The zero-order chi connectivity index (χ0) is 24.9. The van der Waals surface area contributed by atoms with Crippen LogP contribution in [0.3, 0.4) is 0 Å². The van der Waals surface area contributed by atoms with Gasteiger partial charge in [0, 0.05) is 25.1 Å². The summed E-state index contributed by atoms with van der Waals surface area (Å²) < 4.78 is 22.0. The van der Waals surface area contributed by atoms with Crippen molar-refractivity contribution in [1.82, 2.24) is 4.90 Å². The molecular weight excluding hydrogens is 438 g/mol. The van der Waals surface area contributed by atoms with E-state index in [0.29, 0.717) is 36.8 Å². The van der Waals surface area contributed by atoms with Crippen LogP contribution in [0.5, 0.6) is 17.2 Å². The van der Waals surface area contributed by atoms with Gasteiger partial charge in [-0.1, -0.05) is 12.1 Å². The number of rotatable bonds is 7. The van der Waals surface area contributed by atoms with Gasteiger partial charge in [-0.3, -0.25) is 4.79 Å². The highest BCUT2D eigenvalue weighted by Crippen LogP contribution is 2.35. The average molecular weight is 472 g/mol. The largest absolute Gasteiger partial charge is 0.497 e. The number of carboxylic acid groups (broad SMARTS) is 1. The maximum Gasteiger partial charge on any atom is 0.410 e. The van der Waals surface area contributed by atoms with Crippen LogP contribution < -0.4 is 14.2 Å². The van der Waals surface area contributed by atoms with Crippen molar-refractivity contribution >= 4 is 12.1 Å². The first-order valence-corrected chi connectivity index (χ1v) is 11.2. The standard InChI is InChI=1S/C26H33NO7/c1-26(2,3)34-25(30)27-10-9-22(23(15-27)24(28)29)18-7-6-8-19(13-18)33-16-17-11-20(31-4)14-21(12-17)32-5/h6-8,11-14,22-23H,9-10,15-16H2,1-5H3,(H,28,29)/t22-,23?/m1/s1. The summed E-state index contributed by atoms with van der Waals surface area (Å²) in [5, 5.41) is 9.89. The van der Waals surface area contributed by atoms with Gasteiger partial charge in [0.25, 0.3) is 0 Å². The second kappa shape index (κ2) is 10.7. The molecule has 34 heavy (non-hydrogen) atoms. The van der Waals surface area contributed by atoms with Crippen molar-refractivity contribution in [2.24, 2.45) is 5.92 Å². The quantitative estimate of drug-likeness (QED) is 0.625. The molecular formula is C26H33NO7. The third-order valence-corrected chi connectivity index (χ3v) is 5.68. The molecule has 1 aliphatic rings. The van der Waals surface area contributed by atoms with Crippen molar-refractivity contribution in [3.05, 3.63) is 53.6 Å². The Labute approximate surface area is 200 Å². The van der Waals surface area contributed by atoms with E-state index in [0.717, 1.165) is 11.1 Å². The van der Waals surface area contributed by atoms with Crippen molar-refractivity contribution in [3.63, 3.8) is 0 Å². The van der Waals surface area contributed by atoms with E-state index in [1.807, 2.05) is 36.4 Å². The first-order chi connectivity index (χ1) is 16.1. The number of carboxylic acids is 1. The number of ether oxygens (including phenoxy) is 4. The predicted molar refractivity (Wildman–Crippen MR) is 127 cm³/mol. The fourth-order valence-electron chi connectivity index (χ4n) is 4.04. The van der Waals surface area contributed by atoms with Crippen LogP contribution in [-0.2, 0) is 16.1 Å². The summed E-state index contributed by atoms with van der Waals surface area (Å²) in [5.74, 6) is 0.0716. The Kier molecular flexibility index (Phi) is 7.91. The number of amides is 1. The number of methoxy groups -OCH3 is 2. The lowest BCUT2D eigenvalue weighted by Crippen LogP contribution is -2.47. The number of aliphatic carboxylic acids is 1. The number of nitrogens with zero attached hydrogens (tertiary/aromatic N) is 1. The van der Waals surface area contributed by atoms with Gasteiger partial charge >= 0.3 is 12.1 Å². The van der Waals surface area contributed by atoms with Crippen LogP contribution in [0.4, 0.5) is 4.79 Å². The summed E-state index contributed by atoms with van der Waals surface area (Å²) in [6.45, 7) is 6.20. The molecule has 1 fully saturated rings. The van der Waals surface area contributed by atoms with Crippen LogP contribution >= 0.6 is 0 Å². The highest BCUT2D eigenvalue weighted by atomic mass is 16.6. The lowest BCUT2D eigenvalue weighted by atomic mass is 9.80. The Morgan fingerprint density at radius 2 is 1.71 bits per heavy atom. The average Bonchev–Trinajstić information content (AvgIpc) is 2.81. The van der Waals surface area contributed by atoms with E-state index in [-0.39, 0.29) is 12.5 Å². The maximum atomic E-state index is 12.5. The first-order valence-electron chi connectivity index (χ1n) is 11.2. The molecule has 1 saturated heterocycles. The van der Waals surface area contributed by atoms with Crippen LogP contribution in [0.25, 0.3) is 0 Å². The number of carbonyl (C=O) groups is 2. The Balaban J connectivity index is 1.72. The van der Waals surface area contributed by atoms with Gasteiger partial charge in [-0.2, -0.15) is 0 Å². The van der Waals surface area contributed by atoms with Crippen molar-refractivity contribution in [2.75, 3.05) is 27.3 Å². The van der Waals surface area contributed by atoms with Gasteiger partial charge < -0.3 is 29.0 Å². The minimum absolute atomic E-state index is 0.101. The van der Waals surface area contributed by atoms with Crippen LogP contribution in [0.2, 0.25) is 0 Å². The molecule has 8 nitrogen and oxygen atoms in total. The van der Waals surface area contributed by atoms with E-state index in [1.165, 1.54) is 4.90 Å². The zero-order valence-electron chi connectivity index (χ0n) is 20.4. The molecule has 8 heteroatoms. The fraction of sp³-hybridized carbons (Fsp3) is 0.462. The monoisotopic (exact) mass is 471 g/mol. The first kappa shape index (κ1) is 25.2. The van der Waals surface area contributed by atoms with Gasteiger partial charge in [0.05, 0.1) is 20.1 Å². The lowest BCUT2D eigenvalue weighted by Gasteiger charge is -2.37. The number of hydrogen-bond donors (Lipinski definition) is 1. The molecule has 1 aliphatic heterocycles. The molecule has 184 valence electrons. The SMILES string of the molecule is COc1cc(COc2cccc([C@H]3CCN(C(=O)OC(C)(C)C)CC3C(=O)O)c2)cc(OC)c1. The zero-order valence-corrected chi connectivity index (χ0v) is 20.4. The van der Waals surface area contributed by atoms with Crippen molar-refractivity contribution in [2.45, 2.75) is 45.3 Å². The topological polar surface area (TPSA) is 94.5 Å². The summed E-state index contributed by atoms with van der Waals surface area (Å²) in [6.07, 6.45) is 0.0372. The summed E-state index contributed by atoms with van der Waals surface area (Å²) in [5.41, 5.74) is 1.12. The molecule has 0 saturated carbocycles. The number of benzene rings is 2. The minimum atomic E-state index is -0.937. The van der Waals surface area contributed by atoms with Gasteiger partial charge in [-0.05, 0) is 62.6 Å². The van der Waals surface area contributed by atoms with Gasteiger partial charge in [0.2, 0.25) is 0 Å². The fourth-order valence-corrected chi connectivity index (χ4v) is 4.04. The number of likely N-dealkylation sites (tertiary alicyclic amines) is 1. The number of hydrogen-bond acceptors (Lipinski definition) is 6. The molecule has 2 aromatic carbocycles. The molecule has 0 bridgehead atoms. The molecule has 0 aromatic heterocycles. The Morgan fingerprint density at radius 3 is 2.29 bits per heavy atom. The summed E-state index contributed by atoms with van der Waals surface area (Å²) in [6, 6.07) is 13.0. The second-order valence-corrected chi connectivity index (χ2v) is 9.35. The highest BCUT2D eigenvalue weighted by molar-refractivity contribution is 5.74. The molecule has 3 rings (SSSR count). The summed E-state index contributed by atoms with van der Waals surface area (Å²) in [7, 11) is 3.19. The predicted octanol–water partition coefficient (Wildman–Crippen LogP) is 4.71. The van der Waals surface area contributed by atoms with Crippen molar-refractivity contribution in [1.29, 1.82) is 0 Å². The van der Waals surface area contributed by atoms with Crippen LogP contribution in [0.1, 0.15) is 44.2 Å². The van der Waals surface area contributed by atoms with E-state index in [9.17, 15) is 14.7 Å². The van der Waals surface area contributed by atoms with Crippen LogP contribution in [0.15, 0.2) is 42.5 Å². The normalized spacial score (nSPS) is 18.2. The molecule has 0 aliphatic carbocycles. The Hall–Kier alpha value is -3.42. The third kappa shape index (κ3) is 6.56. The van der Waals surface area contributed by atoms with Crippen LogP contribution in [0, 0.1) is 5.92 Å². The second-order valence-electron chi connectivity index (χ2n) is 9.35. The Bertz CT molecular complexity index is 992. The molecule has 2 atom stereocenters. The van der Waals surface area contributed by atoms with Gasteiger partial charge in [0.1, 0.15) is 29.5 Å². The van der Waals surface area contributed by atoms with E-state index in [1.54, 1.807) is 41.1 Å². The Morgan fingerprint density at radius 1 is 1.03 bits per heavy atom. The molecule has 1 N–H and O–H groups in total. The molecule has 1 heterocycles. The summed E-state index contributed by atoms with van der Waals surface area (Å²) in [4.78, 5) is 26.0. The lowest BCUT2D eigenvalue weighted by molar-refractivity contribution is -0.144. The van der Waals surface area contributed by atoms with Gasteiger partial charge in [-0.15, -0.1) is 0 Å². The van der Waals surface area contributed by atoms with Crippen molar-refractivity contribution in [3.8, 4) is 17.2 Å². The van der Waals surface area contributed by atoms with E-state index in [4.69, 9.17) is 18.9 Å². The third-order valence-electron chi connectivity index (χ3n) is 5.68. The van der Waals surface area contributed by atoms with E-state index < -0.39 is 23.6 Å². The smallest absolute Gasteiger partial charge is 0.410 e. The molecule has 2 aromatic rings. The highest BCUT2D eigenvalue weighted by Gasteiger charge is 2.38. The van der Waals surface area contributed by atoms with E-state index in [2.05, 4.69) is 0 Å². The molecule has 1 unspecified atom stereocenters. The molecule has 0 radical (unpaired) electrons. The minimum Gasteiger partial charge on any atom is -0.497 e. The number of piperidine rings is 1. The van der Waals surface area contributed by atoms with Gasteiger partial charge in [-0.25, -0.2) is 4.79 Å². The van der Waals surface area contributed by atoms with Crippen molar-refractivity contribution < 1.29 is 33.6 Å². The number of carbonyl (C=O) groups excluding carboxylic acids is 1.